The van der Waals surface area contributed by atoms with Crippen molar-refractivity contribution in [3.05, 3.63) is 52.4 Å². The van der Waals surface area contributed by atoms with Gasteiger partial charge in [0.25, 0.3) is 0 Å². The second kappa shape index (κ2) is 6.77. The van der Waals surface area contributed by atoms with Gasteiger partial charge in [-0.05, 0) is 31.2 Å². The second-order valence-corrected chi connectivity index (χ2v) is 5.46. The third-order valence-electron chi connectivity index (χ3n) is 3.52. The van der Waals surface area contributed by atoms with Gasteiger partial charge in [-0.1, -0.05) is 11.6 Å². The summed E-state index contributed by atoms with van der Waals surface area (Å²) in [6.45, 7) is 2.97. The molecule has 0 aliphatic carbocycles. The van der Waals surface area contributed by atoms with Gasteiger partial charge in [-0.2, -0.15) is 5.26 Å². The number of benzene rings is 1. The van der Waals surface area contributed by atoms with Gasteiger partial charge in [-0.25, -0.2) is 4.79 Å². The number of fused-ring (bicyclic) bond motifs is 1. The summed E-state index contributed by atoms with van der Waals surface area (Å²) in [5.41, 5.74) is 0.596. The Labute approximate surface area is 144 Å². The number of hydrogen-bond acceptors (Lipinski definition) is 6. The molecular weight excluding hydrogens is 330 g/mol. The molecule has 7 heteroatoms. The van der Waals surface area contributed by atoms with Crippen LogP contribution in [-0.2, 0) is 14.3 Å². The normalized spacial score (nSPS) is 18.0. The van der Waals surface area contributed by atoms with E-state index in [-0.39, 0.29) is 18.1 Å². The largest absolute Gasteiger partial charge is 0.462 e. The van der Waals surface area contributed by atoms with Gasteiger partial charge in [0, 0.05) is 23.2 Å². The fraction of sp³-hybridized carbons (Fsp3) is 0.235. The minimum absolute atomic E-state index is 0.152. The monoisotopic (exact) mass is 343 g/mol. The maximum atomic E-state index is 12.1. The van der Waals surface area contributed by atoms with Crippen LogP contribution >= 0.6 is 11.6 Å². The van der Waals surface area contributed by atoms with Crippen LogP contribution < -0.4 is 0 Å². The molecule has 122 valence electrons. The van der Waals surface area contributed by atoms with Crippen molar-refractivity contribution in [2.45, 2.75) is 6.92 Å². The summed E-state index contributed by atoms with van der Waals surface area (Å²) in [6.07, 6.45) is 1.78. The third kappa shape index (κ3) is 2.99. The molecule has 2 aliphatic rings. The van der Waals surface area contributed by atoms with Crippen molar-refractivity contribution in [3.8, 4) is 6.07 Å². The molecular formula is C17H14ClN3O3. The number of rotatable bonds is 3. The molecule has 6 nitrogen and oxygen atoms in total. The standard InChI is InChI=1S/C17H14ClN3O3/c1-2-23-17(22)13(10-19)16-21-8-7-20-15(21)9-14(24-16)11-3-5-12(18)6-4-11/h3-6,9H,2,7-8H2,1H3/b16-13-. The van der Waals surface area contributed by atoms with Crippen molar-refractivity contribution in [2.75, 3.05) is 19.7 Å². The number of esters is 1. The third-order valence-corrected chi connectivity index (χ3v) is 3.77. The highest BCUT2D eigenvalue weighted by Gasteiger charge is 2.32. The van der Waals surface area contributed by atoms with Gasteiger partial charge in [-0.3, -0.25) is 9.89 Å². The molecule has 1 aromatic rings. The molecule has 3 rings (SSSR count). The summed E-state index contributed by atoms with van der Waals surface area (Å²) in [7, 11) is 0. The molecule has 0 atom stereocenters. The van der Waals surface area contributed by atoms with Gasteiger partial charge in [0.1, 0.15) is 17.7 Å². The maximum absolute atomic E-state index is 12.1. The average molecular weight is 344 g/mol. The summed E-state index contributed by atoms with van der Waals surface area (Å²) in [4.78, 5) is 18.2. The lowest BCUT2D eigenvalue weighted by atomic mass is 10.1. The van der Waals surface area contributed by atoms with Crippen LogP contribution in [0.25, 0.3) is 5.76 Å². The molecule has 0 bridgehead atoms. The lowest BCUT2D eigenvalue weighted by Gasteiger charge is -2.28. The SMILES string of the molecule is CCOC(=O)/C(C#N)=C1\OC(c2ccc(Cl)cc2)=CC2=NCCN21. The molecule has 0 fully saturated rings. The molecule has 0 N–H and O–H groups in total. The summed E-state index contributed by atoms with van der Waals surface area (Å²) in [6, 6.07) is 8.96. The van der Waals surface area contributed by atoms with E-state index < -0.39 is 5.97 Å². The Morgan fingerprint density at radius 3 is 2.88 bits per heavy atom. The molecule has 2 heterocycles. The molecule has 24 heavy (non-hydrogen) atoms. The molecule has 0 amide bonds. The van der Waals surface area contributed by atoms with E-state index in [1.165, 1.54) is 0 Å². The Morgan fingerprint density at radius 1 is 1.46 bits per heavy atom. The van der Waals surface area contributed by atoms with Crippen molar-refractivity contribution in [2.24, 2.45) is 4.99 Å². The zero-order valence-corrected chi connectivity index (χ0v) is 13.7. The van der Waals surface area contributed by atoms with E-state index in [2.05, 4.69) is 4.99 Å². The first kappa shape index (κ1) is 16.1. The maximum Gasteiger partial charge on any atom is 0.354 e. The molecule has 2 aliphatic heterocycles. The van der Waals surface area contributed by atoms with E-state index in [0.29, 0.717) is 29.7 Å². The van der Waals surface area contributed by atoms with Gasteiger partial charge < -0.3 is 9.47 Å². The molecule has 0 unspecified atom stereocenters. The number of carbonyl (C=O) groups is 1. The molecule has 1 aromatic carbocycles. The van der Waals surface area contributed by atoms with Gasteiger partial charge in [0.2, 0.25) is 5.88 Å². The average Bonchev–Trinajstić information content (AvgIpc) is 3.05. The summed E-state index contributed by atoms with van der Waals surface area (Å²) in [5, 5.41) is 10.0. The van der Waals surface area contributed by atoms with Crippen LogP contribution in [0.15, 0.2) is 46.8 Å². The van der Waals surface area contributed by atoms with Crippen molar-refractivity contribution < 1.29 is 14.3 Å². The van der Waals surface area contributed by atoms with Crippen molar-refractivity contribution in [3.63, 3.8) is 0 Å². The minimum Gasteiger partial charge on any atom is -0.462 e. The highest BCUT2D eigenvalue weighted by molar-refractivity contribution is 6.30. The number of hydrogen-bond donors (Lipinski definition) is 0. The Morgan fingerprint density at radius 2 is 2.21 bits per heavy atom. The Hall–Kier alpha value is -2.78. The number of halogens is 1. The van der Waals surface area contributed by atoms with E-state index in [4.69, 9.17) is 21.1 Å². The van der Waals surface area contributed by atoms with Crippen LogP contribution in [0.3, 0.4) is 0 Å². The Balaban J connectivity index is 2.05. The molecule has 0 radical (unpaired) electrons. The number of amidine groups is 1. The summed E-state index contributed by atoms with van der Waals surface area (Å²) < 4.78 is 10.8. The van der Waals surface area contributed by atoms with Crippen molar-refractivity contribution >= 4 is 29.2 Å². The second-order valence-electron chi connectivity index (χ2n) is 5.02. The Bertz CT molecular complexity index is 803. The predicted octanol–water partition coefficient (Wildman–Crippen LogP) is 2.72. The van der Waals surface area contributed by atoms with E-state index in [0.717, 1.165) is 5.56 Å². The molecule has 0 aromatic heterocycles. The van der Waals surface area contributed by atoms with E-state index in [1.54, 1.807) is 42.2 Å². The van der Waals surface area contributed by atoms with Crippen LogP contribution in [0.2, 0.25) is 5.02 Å². The van der Waals surface area contributed by atoms with Crippen molar-refractivity contribution in [1.29, 1.82) is 5.26 Å². The van der Waals surface area contributed by atoms with Gasteiger partial charge >= 0.3 is 5.97 Å². The Kier molecular flexibility index (Phi) is 4.54. The lowest BCUT2D eigenvalue weighted by Crippen LogP contribution is -2.33. The zero-order valence-electron chi connectivity index (χ0n) is 13.0. The topological polar surface area (TPSA) is 74.9 Å². The van der Waals surface area contributed by atoms with Crippen molar-refractivity contribution in [1.82, 2.24) is 4.90 Å². The van der Waals surface area contributed by atoms with Gasteiger partial charge in [0.05, 0.1) is 13.2 Å². The number of nitrogens with zero attached hydrogens (tertiary/aromatic N) is 3. The predicted molar refractivity (Wildman–Crippen MR) is 88.8 cm³/mol. The first-order chi connectivity index (χ1) is 11.6. The van der Waals surface area contributed by atoms with Crippen LogP contribution in [-0.4, -0.2) is 36.4 Å². The van der Waals surface area contributed by atoms with E-state index in [1.807, 2.05) is 6.07 Å². The van der Waals surface area contributed by atoms with Crippen LogP contribution in [0, 0.1) is 11.3 Å². The number of aliphatic imine (C=N–C) groups is 1. The molecule has 0 saturated carbocycles. The lowest BCUT2D eigenvalue weighted by molar-refractivity contribution is -0.138. The highest BCUT2D eigenvalue weighted by atomic mass is 35.5. The molecule has 0 spiro atoms. The molecule has 0 saturated heterocycles. The van der Waals surface area contributed by atoms with E-state index in [9.17, 15) is 10.1 Å². The van der Waals surface area contributed by atoms with Crippen LogP contribution in [0.1, 0.15) is 12.5 Å². The van der Waals surface area contributed by atoms with Gasteiger partial charge in [0.15, 0.2) is 5.57 Å². The number of carbonyl (C=O) groups excluding carboxylic acids is 1. The zero-order chi connectivity index (χ0) is 17.1. The quantitative estimate of drug-likeness (QED) is 0.479. The fourth-order valence-corrected chi connectivity index (χ4v) is 2.55. The number of ether oxygens (including phenoxy) is 2. The first-order valence-electron chi connectivity index (χ1n) is 7.43. The van der Waals surface area contributed by atoms with E-state index >= 15 is 0 Å². The summed E-state index contributed by atoms with van der Waals surface area (Å²) >= 11 is 5.91. The minimum atomic E-state index is -0.710. The fourth-order valence-electron chi connectivity index (χ4n) is 2.43. The first-order valence-corrected chi connectivity index (χ1v) is 7.80. The van der Waals surface area contributed by atoms with Gasteiger partial charge in [-0.15, -0.1) is 0 Å². The highest BCUT2D eigenvalue weighted by Crippen LogP contribution is 2.31. The van der Waals surface area contributed by atoms with Crippen LogP contribution in [0.5, 0.6) is 0 Å². The number of nitriles is 1. The smallest absolute Gasteiger partial charge is 0.354 e. The van der Waals surface area contributed by atoms with Crippen LogP contribution in [0.4, 0.5) is 0 Å². The summed E-state index contributed by atoms with van der Waals surface area (Å²) in [5.74, 6) is 0.590.